The van der Waals surface area contributed by atoms with Gasteiger partial charge in [-0.25, -0.2) is 4.98 Å². The minimum atomic E-state index is -0.533. The Morgan fingerprint density at radius 3 is 2.69 bits per heavy atom. The van der Waals surface area contributed by atoms with Crippen LogP contribution in [0.5, 0.6) is 0 Å². The molecule has 0 spiro atoms. The molecule has 0 bridgehead atoms. The predicted octanol–water partition coefficient (Wildman–Crippen LogP) is 1.44. The van der Waals surface area contributed by atoms with Crippen molar-refractivity contribution >= 4 is 40.6 Å². The van der Waals surface area contributed by atoms with E-state index in [2.05, 4.69) is 10.3 Å². The number of amides is 1. The largest absolute Gasteiger partial charge is 0.320 e. The Morgan fingerprint density at radius 1 is 1.62 bits per heavy atom. The molecule has 0 radical (unpaired) electrons. The van der Waals surface area contributed by atoms with E-state index in [1.807, 2.05) is 6.92 Å². The summed E-state index contributed by atoms with van der Waals surface area (Å²) in [6.07, 6.45) is 2.01. The number of thiazole rings is 1. The SMILES string of the molecule is CC[C@H](N)C(=O)Nc1ncc(C(C)=O)s1.Cl. The number of nitrogens with two attached hydrogens (primary N) is 1. The molecule has 0 saturated carbocycles. The van der Waals surface area contributed by atoms with E-state index >= 15 is 0 Å². The second-order valence-electron chi connectivity index (χ2n) is 3.09. The van der Waals surface area contributed by atoms with E-state index in [0.717, 1.165) is 11.3 Å². The van der Waals surface area contributed by atoms with Gasteiger partial charge in [-0.3, -0.25) is 9.59 Å². The molecule has 1 atom stereocenters. The highest BCUT2D eigenvalue weighted by molar-refractivity contribution is 7.17. The molecule has 1 rings (SSSR count). The highest BCUT2D eigenvalue weighted by atomic mass is 35.5. The number of hydrogen-bond donors (Lipinski definition) is 2. The van der Waals surface area contributed by atoms with Crippen molar-refractivity contribution < 1.29 is 9.59 Å². The lowest BCUT2D eigenvalue weighted by Gasteiger charge is -2.06. The summed E-state index contributed by atoms with van der Waals surface area (Å²) >= 11 is 1.15. The van der Waals surface area contributed by atoms with Crippen molar-refractivity contribution in [2.24, 2.45) is 5.73 Å². The lowest BCUT2D eigenvalue weighted by molar-refractivity contribution is -0.117. The molecule has 1 heterocycles. The molecular formula is C9H14ClN3O2S. The molecule has 3 N–H and O–H groups in total. The minimum Gasteiger partial charge on any atom is -0.320 e. The van der Waals surface area contributed by atoms with Crippen LogP contribution in [-0.4, -0.2) is 22.7 Å². The lowest BCUT2D eigenvalue weighted by Crippen LogP contribution is -2.34. The Bertz CT molecular complexity index is 381. The van der Waals surface area contributed by atoms with Gasteiger partial charge in [0.05, 0.1) is 17.1 Å². The zero-order valence-corrected chi connectivity index (χ0v) is 10.7. The maximum atomic E-state index is 11.4. The summed E-state index contributed by atoms with van der Waals surface area (Å²) in [5.41, 5.74) is 5.53. The Morgan fingerprint density at radius 2 is 2.25 bits per heavy atom. The van der Waals surface area contributed by atoms with Crippen LogP contribution in [0.15, 0.2) is 6.20 Å². The number of anilines is 1. The second kappa shape index (κ2) is 6.57. The fraction of sp³-hybridized carbons (Fsp3) is 0.444. The first kappa shape index (κ1) is 15.0. The number of hydrogen-bond acceptors (Lipinski definition) is 5. The third-order valence-corrected chi connectivity index (χ3v) is 2.87. The van der Waals surface area contributed by atoms with Crippen LogP contribution in [0.1, 0.15) is 29.9 Å². The van der Waals surface area contributed by atoms with Crippen molar-refractivity contribution in [3.05, 3.63) is 11.1 Å². The van der Waals surface area contributed by atoms with Crippen LogP contribution >= 0.6 is 23.7 Å². The van der Waals surface area contributed by atoms with E-state index in [1.165, 1.54) is 13.1 Å². The molecule has 5 nitrogen and oxygen atoms in total. The number of ketones is 1. The monoisotopic (exact) mass is 263 g/mol. The van der Waals surface area contributed by atoms with Crippen LogP contribution in [0.2, 0.25) is 0 Å². The first-order valence-electron chi connectivity index (χ1n) is 4.57. The molecule has 90 valence electrons. The molecule has 0 aliphatic carbocycles. The standard InChI is InChI=1S/C9H13N3O2S.ClH/c1-3-6(10)8(14)12-9-11-4-7(15-9)5(2)13;/h4,6H,3,10H2,1-2H3,(H,11,12,14);1H/t6-;/m0./s1. The van der Waals surface area contributed by atoms with Gasteiger partial charge in [-0.1, -0.05) is 18.3 Å². The van der Waals surface area contributed by atoms with Gasteiger partial charge in [-0.2, -0.15) is 0 Å². The Kier molecular flexibility index (Phi) is 6.17. The van der Waals surface area contributed by atoms with Gasteiger partial charge < -0.3 is 11.1 Å². The third-order valence-electron chi connectivity index (χ3n) is 1.86. The predicted molar refractivity (Wildman–Crippen MR) is 66.3 cm³/mol. The molecule has 0 saturated heterocycles. The topological polar surface area (TPSA) is 85.1 Å². The van der Waals surface area contributed by atoms with Gasteiger partial charge in [0, 0.05) is 6.92 Å². The number of aromatic nitrogens is 1. The zero-order chi connectivity index (χ0) is 11.4. The van der Waals surface area contributed by atoms with Crippen LogP contribution < -0.4 is 11.1 Å². The van der Waals surface area contributed by atoms with Crippen LogP contribution in [0.25, 0.3) is 0 Å². The lowest BCUT2D eigenvalue weighted by atomic mass is 10.2. The van der Waals surface area contributed by atoms with E-state index in [1.54, 1.807) is 0 Å². The Hall–Kier alpha value is -0.980. The minimum absolute atomic E-state index is 0. The number of rotatable bonds is 4. The molecule has 0 fully saturated rings. The zero-order valence-electron chi connectivity index (χ0n) is 9.02. The maximum Gasteiger partial charge on any atom is 0.243 e. The first-order chi connectivity index (χ1) is 7.04. The number of Topliss-reactive ketones (excluding diaryl/α,β-unsaturated/α-hetero) is 1. The molecule has 0 aliphatic rings. The summed E-state index contributed by atoms with van der Waals surface area (Å²) < 4.78 is 0. The number of carbonyl (C=O) groups excluding carboxylic acids is 2. The summed E-state index contributed by atoms with van der Waals surface area (Å²) in [6.45, 7) is 3.28. The molecule has 1 amide bonds. The van der Waals surface area contributed by atoms with E-state index < -0.39 is 6.04 Å². The van der Waals surface area contributed by atoms with E-state index in [-0.39, 0.29) is 24.1 Å². The molecule has 7 heteroatoms. The fourth-order valence-corrected chi connectivity index (χ4v) is 1.59. The quantitative estimate of drug-likeness (QED) is 0.805. The van der Waals surface area contributed by atoms with Crippen molar-refractivity contribution in [3.8, 4) is 0 Å². The van der Waals surface area contributed by atoms with Gasteiger partial charge in [0.15, 0.2) is 10.9 Å². The van der Waals surface area contributed by atoms with Crippen molar-refractivity contribution in [1.29, 1.82) is 0 Å². The van der Waals surface area contributed by atoms with Crippen molar-refractivity contribution in [2.75, 3.05) is 5.32 Å². The van der Waals surface area contributed by atoms with Gasteiger partial charge in [-0.15, -0.1) is 12.4 Å². The van der Waals surface area contributed by atoms with Gasteiger partial charge in [0.25, 0.3) is 0 Å². The Labute approximate surface area is 104 Å². The van der Waals surface area contributed by atoms with Crippen LogP contribution in [0.4, 0.5) is 5.13 Å². The maximum absolute atomic E-state index is 11.4. The summed E-state index contributed by atoms with van der Waals surface area (Å²) in [6, 6.07) is -0.533. The molecule has 1 aromatic rings. The number of nitrogens with zero attached hydrogens (tertiary/aromatic N) is 1. The van der Waals surface area contributed by atoms with E-state index in [9.17, 15) is 9.59 Å². The van der Waals surface area contributed by atoms with Gasteiger partial charge in [-0.05, 0) is 6.42 Å². The number of nitrogens with one attached hydrogen (secondary N) is 1. The second-order valence-corrected chi connectivity index (χ2v) is 4.12. The molecule has 16 heavy (non-hydrogen) atoms. The van der Waals surface area contributed by atoms with Crippen LogP contribution in [0, 0.1) is 0 Å². The average molecular weight is 264 g/mol. The summed E-state index contributed by atoms with van der Waals surface area (Å²) in [5, 5.41) is 2.97. The van der Waals surface area contributed by atoms with E-state index in [4.69, 9.17) is 5.73 Å². The number of carbonyl (C=O) groups is 2. The van der Waals surface area contributed by atoms with Gasteiger partial charge in [0.1, 0.15) is 0 Å². The molecular weight excluding hydrogens is 250 g/mol. The molecule has 0 aliphatic heterocycles. The summed E-state index contributed by atoms with van der Waals surface area (Å²) in [5.74, 6) is -0.338. The summed E-state index contributed by atoms with van der Waals surface area (Å²) in [7, 11) is 0. The molecule has 0 aromatic carbocycles. The molecule has 1 aromatic heterocycles. The average Bonchev–Trinajstić information content (AvgIpc) is 2.65. The van der Waals surface area contributed by atoms with E-state index in [0.29, 0.717) is 16.4 Å². The smallest absolute Gasteiger partial charge is 0.243 e. The highest BCUT2D eigenvalue weighted by Gasteiger charge is 2.13. The third kappa shape index (κ3) is 3.88. The van der Waals surface area contributed by atoms with Crippen LogP contribution in [0.3, 0.4) is 0 Å². The number of halogens is 1. The fourth-order valence-electron chi connectivity index (χ4n) is 0.878. The Balaban J connectivity index is 0.00000225. The van der Waals surface area contributed by atoms with Crippen LogP contribution in [-0.2, 0) is 4.79 Å². The normalized spacial score (nSPS) is 11.4. The van der Waals surface area contributed by atoms with Crippen molar-refractivity contribution in [1.82, 2.24) is 4.98 Å². The van der Waals surface area contributed by atoms with Crippen molar-refractivity contribution in [3.63, 3.8) is 0 Å². The van der Waals surface area contributed by atoms with Gasteiger partial charge in [0.2, 0.25) is 5.91 Å². The first-order valence-corrected chi connectivity index (χ1v) is 5.39. The summed E-state index contributed by atoms with van der Waals surface area (Å²) in [4.78, 5) is 26.8. The molecule has 0 unspecified atom stereocenters. The van der Waals surface area contributed by atoms with Crippen molar-refractivity contribution in [2.45, 2.75) is 26.3 Å². The highest BCUT2D eigenvalue weighted by Crippen LogP contribution is 2.18. The van der Waals surface area contributed by atoms with Gasteiger partial charge >= 0.3 is 0 Å².